The van der Waals surface area contributed by atoms with Gasteiger partial charge in [-0.15, -0.1) is 0 Å². The summed E-state index contributed by atoms with van der Waals surface area (Å²) in [5.74, 6) is 1.32. The largest absolute Gasteiger partial charge is 1.00 e. The minimum absolute atomic E-state index is 0. The summed E-state index contributed by atoms with van der Waals surface area (Å²) in [6.45, 7) is 14.0. The molecule has 0 spiro atoms. The van der Waals surface area contributed by atoms with E-state index in [9.17, 15) is 0 Å². The van der Waals surface area contributed by atoms with Gasteiger partial charge in [0.15, 0.2) is 0 Å². The molecule has 0 fully saturated rings. The van der Waals surface area contributed by atoms with Crippen LogP contribution < -0.4 is 24.8 Å². The van der Waals surface area contributed by atoms with Crippen molar-refractivity contribution in [3.8, 4) is 0 Å². The second-order valence-corrected chi connectivity index (χ2v) is 12.4. The van der Waals surface area contributed by atoms with Crippen LogP contribution in [0.1, 0.15) is 54.4 Å². The van der Waals surface area contributed by atoms with Gasteiger partial charge in [0.05, 0.1) is 0 Å². The van der Waals surface area contributed by atoms with E-state index in [-0.39, 0.29) is 24.8 Å². The molecule has 2 aliphatic carbocycles. The molecule has 2 rings (SSSR count). The Bertz CT molecular complexity index is 468. The Morgan fingerprint density at radius 3 is 1.35 bits per heavy atom. The summed E-state index contributed by atoms with van der Waals surface area (Å²) in [7, 11) is 0. The van der Waals surface area contributed by atoms with Crippen molar-refractivity contribution >= 4 is 0 Å². The van der Waals surface area contributed by atoms with Crippen molar-refractivity contribution in [1.29, 1.82) is 0 Å². The zero-order valence-electron chi connectivity index (χ0n) is 15.3. The minimum atomic E-state index is -0.644. The van der Waals surface area contributed by atoms with Crippen molar-refractivity contribution in [2.45, 2.75) is 60.6 Å². The van der Waals surface area contributed by atoms with Crippen molar-refractivity contribution in [3.05, 3.63) is 47.6 Å². The van der Waals surface area contributed by atoms with Gasteiger partial charge in [0.25, 0.3) is 0 Å². The third-order valence-corrected chi connectivity index (χ3v) is 10.5. The molecule has 0 N–H and O–H groups in total. The average Bonchev–Trinajstić information content (AvgIpc) is 3.05. The third-order valence-electron chi connectivity index (χ3n) is 4.96. The van der Waals surface area contributed by atoms with E-state index in [1.165, 1.54) is 12.8 Å². The maximum absolute atomic E-state index is 2.62. The molecular formula is C20H30Cl2Zr. The monoisotopic (exact) mass is 430 g/mol. The Labute approximate surface area is 167 Å². The van der Waals surface area contributed by atoms with Gasteiger partial charge in [-0.25, -0.2) is 0 Å². The van der Waals surface area contributed by atoms with Crippen LogP contribution in [-0.2, 0) is 23.2 Å². The van der Waals surface area contributed by atoms with Crippen LogP contribution in [0, 0.1) is 11.8 Å². The zero-order valence-corrected chi connectivity index (χ0v) is 19.3. The number of hydrogen-bond acceptors (Lipinski definition) is 0. The zero-order chi connectivity index (χ0) is 15.7. The van der Waals surface area contributed by atoms with Gasteiger partial charge in [0.1, 0.15) is 0 Å². The Kier molecular flexibility index (Phi) is 9.38. The van der Waals surface area contributed by atoms with Crippen molar-refractivity contribution in [2.24, 2.45) is 11.8 Å². The van der Waals surface area contributed by atoms with Crippen LogP contribution in [0.25, 0.3) is 0 Å². The summed E-state index contributed by atoms with van der Waals surface area (Å²) in [6.07, 6.45) is 17.7. The fourth-order valence-electron chi connectivity index (χ4n) is 3.20. The maximum atomic E-state index is 2.62. The number of hydrogen-bond donors (Lipinski definition) is 0. The SMILES string of the molecule is CC[C]1([Zr+2][C]2(CC)C=CC(C(C)C)=C2)C=CC(C(C)C)=C1.[Cl-].[Cl-]. The van der Waals surface area contributed by atoms with E-state index in [1.807, 2.05) is 0 Å². The first-order chi connectivity index (χ1) is 9.85. The topological polar surface area (TPSA) is 0 Å². The van der Waals surface area contributed by atoms with Crippen LogP contribution in [0.2, 0.25) is 6.25 Å². The first-order valence-corrected chi connectivity index (χ1v) is 10.9. The van der Waals surface area contributed by atoms with Crippen LogP contribution in [0.3, 0.4) is 0 Å². The normalized spacial score (nSPS) is 28.3. The van der Waals surface area contributed by atoms with Gasteiger partial charge in [-0.1, -0.05) is 0 Å². The number of rotatable bonds is 6. The molecule has 2 atom stereocenters. The van der Waals surface area contributed by atoms with E-state index >= 15 is 0 Å². The molecule has 0 bridgehead atoms. The molecule has 0 amide bonds. The third kappa shape index (κ3) is 5.20. The van der Waals surface area contributed by atoms with Crippen molar-refractivity contribution < 1.29 is 48.0 Å². The van der Waals surface area contributed by atoms with Crippen LogP contribution in [0.4, 0.5) is 0 Å². The molecule has 0 aliphatic heterocycles. The standard InChI is InChI=1S/2C10H15.2ClH.Zr/c2*1-4-9-5-6-10(7-9)8(2)3;;;/h2*5-8H,4H2,1-3H3;2*1H;/q;;;;+2/p-2. The summed E-state index contributed by atoms with van der Waals surface area (Å²) in [5, 5.41) is 0. The number of allylic oxidation sites excluding steroid dienone is 8. The van der Waals surface area contributed by atoms with Crippen molar-refractivity contribution in [1.82, 2.24) is 0 Å². The Balaban J connectivity index is 0.00000242. The van der Waals surface area contributed by atoms with Gasteiger partial charge < -0.3 is 24.8 Å². The van der Waals surface area contributed by atoms with Gasteiger partial charge in [-0.2, -0.15) is 0 Å². The predicted molar refractivity (Wildman–Crippen MR) is 90.1 cm³/mol. The van der Waals surface area contributed by atoms with E-state index in [0.29, 0.717) is 18.1 Å². The fourth-order valence-corrected chi connectivity index (χ4v) is 8.19. The summed E-state index contributed by atoms with van der Waals surface area (Å²) >= 11 is -0.644. The summed E-state index contributed by atoms with van der Waals surface area (Å²) in [5.41, 5.74) is 3.11. The van der Waals surface area contributed by atoms with E-state index in [4.69, 9.17) is 0 Å². The molecular weight excluding hydrogens is 402 g/mol. The molecule has 0 aromatic carbocycles. The first-order valence-electron chi connectivity index (χ1n) is 8.48. The molecule has 0 aromatic rings. The van der Waals surface area contributed by atoms with Gasteiger partial charge in [-0.3, -0.25) is 0 Å². The quantitative estimate of drug-likeness (QED) is 0.574. The molecule has 23 heavy (non-hydrogen) atoms. The Morgan fingerprint density at radius 1 is 0.783 bits per heavy atom. The second-order valence-electron chi connectivity index (χ2n) is 7.18. The molecule has 128 valence electrons. The molecule has 0 nitrogen and oxygen atoms in total. The molecule has 2 unspecified atom stereocenters. The molecule has 0 saturated carbocycles. The number of halogens is 2. The maximum Gasteiger partial charge on any atom is -1.00 e. The average molecular weight is 433 g/mol. The Hall–Kier alpha value is 0.423. The predicted octanol–water partition coefficient (Wildman–Crippen LogP) is 0.519. The van der Waals surface area contributed by atoms with E-state index in [1.54, 1.807) is 11.1 Å². The van der Waals surface area contributed by atoms with E-state index in [0.717, 1.165) is 0 Å². The van der Waals surface area contributed by atoms with Crippen molar-refractivity contribution in [3.63, 3.8) is 0 Å². The van der Waals surface area contributed by atoms with Crippen molar-refractivity contribution in [2.75, 3.05) is 0 Å². The summed E-state index contributed by atoms with van der Waals surface area (Å²) in [4.78, 5) is 0. The van der Waals surface area contributed by atoms with E-state index < -0.39 is 23.2 Å². The fraction of sp³-hybridized carbons (Fsp3) is 0.600. The molecule has 2 aliphatic rings. The molecule has 0 aromatic heterocycles. The molecule has 3 heteroatoms. The smallest absolute Gasteiger partial charge is 1.00 e. The van der Waals surface area contributed by atoms with Gasteiger partial charge in [0, 0.05) is 0 Å². The van der Waals surface area contributed by atoms with Gasteiger partial charge in [-0.05, 0) is 0 Å². The van der Waals surface area contributed by atoms with E-state index in [2.05, 4.69) is 78.0 Å². The van der Waals surface area contributed by atoms with Gasteiger partial charge in [0.2, 0.25) is 0 Å². The minimum Gasteiger partial charge on any atom is -1.00 e. The molecule has 0 saturated heterocycles. The molecule has 0 radical (unpaired) electrons. The van der Waals surface area contributed by atoms with Crippen LogP contribution in [-0.4, -0.2) is 0 Å². The van der Waals surface area contributed by atoms with Gasteiger partial charge >= 0.3 is 143 Å². The second kappa shape index (κ2) is 9.21. The van der Waals surface area contributed by atoms with Crippen LogP contribution in [0.15, 0.2) is 47.6 Å². The van der Waals surface area contributed by atoms with Crippen LogP contribution in [0.5, 0.6) is 0 Å². The Morgan fingerprint density at radius 2 is 1.13 bits per heavy atom. The molecule has 0 heterocycles. The first kappa shape index (κ1) is 23.4. The summed E-state index contributed by atoms with van der Waals surface area (Å²) < 4.78 is 0.846. The summed E-state index contributed by atoms with van der Waals surface area (Å²) in [6, 6.07) is 0. The van der Waals surface area contributed by atoms with Crippen LogP contribution >= 0.6 is 0 Å².